The lowest BCUT2D eigenvalue weighted by molar-refractivity contribution is -0.192. The van der Waals surface area contributed by atoms with Crippen molar-refractivity contribution in [3.05, 3.63) is 20.8 Å². The number of hydrogen-bond acceptors (Lipinski definition) is 7. The van der Waals surface area contributed by atoms with E-state index in [9.17, 15) is 27.6 Å². The van der Waals surface area contributed by atoms with Gasteiger partial charge in [0.2, 0.25) is 5.95 Å². The van der Waals surface area contributed by atoms with Crippen molar-refractivity contribution in [2.45, 2.75) is 26.2 Å². The number of carbonyl (C=O) groups is 2. The van der Waals surface area contributed by atoms with Crippen LogP contribution in [0.2, 0.25) is 0 Å². The first kappa shape index (κ1) is 25.5. The summed E-state index contributed by atoms with van der Waals surface area (Å²) in [6.45, 7) is 4.21. The first-order chi connectivity index (χ1) is 15.4. The molecule has 33 heavy (non-hydrogen) atoms. The highest BCUT2D eigenvalue weighted by atomic mass is 19.4. The largest absolute Gasteiger partial charge is 0.490 e. The Morgan fingerprint density at radius 3 is 2.21 bits per heavy atom. The maximum atomic E-state index is 12.9. The lowest BCUT2D eigenvalue weighted by Gasteiger charge is -2.28. The number of rotatable bonds is 4. The number of hydrogen-bond donors (Lipinski definition) is 3. The summed E-state index contributed by atoms with van der Waals surface area (Å²) < 4.78 is 35.3. The molecule has 1 aliphatic heterocycles. The molecule has 1 fully saturated rings. The van der Waals surface area contributed by atoms with Gasteiger partial charge in [-0.15, -0.1) is 5.92 Å². The number of aryl methyl sites for hydroxylation is 1. The van der Waals surface area contributed by atoms with Crippen LogP contribution in [0.15, 0.2) is 9.59 Å². The molecule has 12 nitrogen and oxygen atoms in total. The van der Waals surface area contributed by atoms with E-state index in [-0.39, 0.29) is 17.7 Å². The normalized spacial score (nSPS) is 13.7. The van der Waals surface area contributed by atoms with Crippen LogP contribution in [-0.4, -0.2) is 73.2 Å². The summed E-state index contributed by atoms with van der Waals surface area (Å²) in [5, 5.41) is 19.4. The number of aliphatic carboxylic acids is 2. The Kier molecular flexibility index (Phi) is 7.88. The monoisotopic (exact) mass is 474 g/mol. The summed E-state index contributed by atoms with van der Waals surface area (Å²) in [5.74, 6) is 2.26. The maximum absolute atomic E-state index is 12.9. The van der Waals surface area contributed by atoms with E-state index in [0.29, 0.717) is 23.6 Å². The number of carboxylic acids is 2. The Hall–Kier alpha value is -3.80. The Balaban J connectivity index is 0.000000479. The molecular formula is C18H21F3N6O6. The lowest BCUT2D eigenvalue weighted by atomic mass is 10.4. The van der Waals surface area contributed by atoms with Crippen LogP contribution in [0.4, 0.5) is 19.1 Å². The molecule has 0 bridgehead atoms. The molecule has 0 radical (unpaired) electrons. The zero-order chi connectivity index (χ0) is 24.9. The summed E-state index contributed by atoms with van der Waals surface area (Å²) in [5.41, 5.74) is -0.960. The van der Waals surface area contributed by atoms with Gasteiger partial charge < -0.3 is 20.4 Å². The number of imidazole rings is 1. The summed E-state index contributed by atoms with van der Waals surface area (Å²) in [6.07, 6.45) is -5.08. The average Bonchev–Trinajstić information content (AvgIpc) is 3.13. The third-order valence-corrected chi connectivity index (χ3v) is 4.56. The van der Waals surface area contributed by atoms with E-state index in [4.69, 9.17) is 15.0 Å². The van der Waals surface area contributed by atoms with Crippen molar-refractivity contribution in [2.24, 2.45) is 7.05 Å². The van der Waals surface area contributed by atoms with Gasteiger partial charge in [-0.25, -0.2) is 14.2 Å². The Bertz CT molecular complexity index is 1230. The van der Waals surface area contributed by atoms with Crippen molar-refractivity contribution >= 4 is 29.1 Å². The highest BCUT2D eigenvalue weighted by Gasteiger charge is 2.38. The smallest absolute Gasteiger partial charge is 0.480 e. The fourth-order valence-corrected chi connectivity index (χ4v) is 3.05. The highest BCUT2D eigenvalue weighted by molar-refractivity contribution is 5.75. The molecule has 0 saturated carbocycles. The van der Waals surface area contributed by atoms with E-state index in [0.717, 1.165) is 13.1 Å². The molecule has 3 rings (SSSR count). The van der Waals surface area contributed by atoms with Gasteiger partial charge in [-0.2, -0.15) is 18.2 Å². The van der Waals surface area contributed by atoms with E-state index in [2.05, 4.69) is 22.1 Å². The van der Waals surface area contributed by atoms with Gasteiger partial charge in [0.25, 0.3) is 5.56 Å². The maximum Gasteiger partial charge on any atom is 0.490 e. The minimum absolute atomic E-state index is 0.185. The minimum atomic E-state index is -5.08. The van der Waals surface area contributed by atoms with Crippen molar-refractivity contribution < 1.29 is 33.0 Å². The van der Waals surface area contributed by atoms with Gasteiger partial charge >= 0.3 is 23.8 Å². The van der Waals surface area contributed by atoms with Crippen LogP contribution in [0.5, 0.6) is 0 Å². The number of nitrogens with one attached hydrogen (secondary N) is 1. The van der Waals surface area contributed by atoms with Gasteiger partial charge in [-0.1, -0.05) is 5.92 Å². The Morgan fingerprint density at radius 2 is 1.73 bits per heavy atom. The number of anilines is 1. The quantitative estimate of drug-likeness (QED) is 0.476. The van der Waals surface area contributed by atoms with Crippen LogP contribution in [-0.2, 0) is 29.7 Å². The number of fused-ring (bicyclic) bond motifs is 1. The second-order valence-corrected chi connectivity index (χ2v) is 6.76. The predicted molar refractivity (Wildman–Crippen MR) is 109 cm³/mol. The van der Waals surface area contributed by atoms with E-state index >= 15 is 0 Å². The number of aromatic nitrogens is 4. The number of halogens is 3. The molecule has 0 atom stereocenters. The molecule has 0 aliphatic carbocycles. The predicted octanol–water partition coefficient (Wildman–Crippen LogP) is -0.952. The molecule has 1 saturated heterocycles. The average molecular weight is 474 g/mol. The molecule has 180 valence electrons. The van der Waals surface area contributed by atoms with Crippen LogP contribution >= 0.6 is 0 Å². The van der Waals surface area contributed by atoms with Gasteiger partial charge in [0, 0.05) is 33.2 Å². The van der Waals surface area contributed by atoms with Gasteiger partial charge in [0.15, 0.2) is 11.2 Å². The van der Waals surface area contributed by atoms with E-state index < -0.39 is 35.9 Å². The summed E-state index contributed by atoms with van der Waals surface area (Å²) in [4.78, 5) is 51.8. The molecule has 0 unspecified atom stereocenters. The third-order valence-electron chi connectivity index (χ3n) is 4.56. The van der Waals surface area contributed by atoms with Gasteiger partial charge in [-0.3, -0.25) is 18.7 Å². The Labute approximate surface area is 183 Å². The molecule has 2 aromatic heterocycles. The molecule has 2 aromatic rings. The van der Waals surface area contributed by atoms with E-state index in [1.807, 2.05) is 4.90 Å². The molecule has 0 amide bonds. The lowest BCUT2D eigenvalue weighted by Crippen LogP contribution is -2.44. The minimum Gasteiger partial charge on any atom is -0.480 e. The topological polar surface area (TPSA) is 152 Å². The molecule has 0 aromatic carbocycles. The number of nitrogens with zero attached hydrogens (tertiary/aromatic N) is 5. The standard InChI is InChI=1S/C16H20N6O4.C2HF3O2/c1-3-4-7-21-12-13(18-15(21)20-8-5-17-6-9-20)19(2)16(26)22(14(12)25)10-11(23)24;3-2(4,5)1(6)7/h17H,5-10H2,1-2H3,(H,23,24);(H,6,7). The van der Waals surface area contributed by atoms with Crippen molar-refractivity contribution in [3.63, 3.8) is 0 Å². The molecular weight excluding hydrogens is 453 g/mol. The SMILES string of the molecule is CC#CCn1c(N2CCNCC2)nc2c1c(=O)n(CC(=O)O)c(=O)n2C.O=C(O)C(F)(F)F. The number of piperazine rings is 1. The third kappa shape index (κ3) is 5.71. The molecule has 1 aliphatic rings. The van der Waals surface area contributed by atoms with Crippen LogP contribution < -0.4 is 21.5 Å². The number of alkyl halides is 3. The van der Waals surface area contributed by atoms with Crippen molar-refractivity contribution in [2.75, 3.05) is 31.1 Å². The molecule has 3 N–H and O–H groups in total. The first-order valence-electron chi connectivity index (χ1n) is 9.47. The summed E-state index contributed by atoms with van der Waals surface area (Å²) >= 11 is 0. The van der Waals surface area contributed by atoms with Crippen LogP contribution in [0.1, 0.15) is 6.92 Å². The van der Waals surface area contributed by atoms with Crippen LogP contribution in [0.3, 0.4) is 0 Å². The number of carboxylic acid groups (broad SMARTS) is 2. The van der Waals surface area contributed by atoms with E-state index in [1.165, 1.54) is 11.6 Å². The van der Waals surface area contributed by atoms with Gasteiger partial charge in [0.05, 0.1) is 6.54 Å². The van der Waals surface area contributed by atoms with Gasteiger partial charge in [0.1, 0.15) is 6.54 Å². The van der Waals surface area contributed by atoms with Crippen molar-refractivity contribution in [1.82, 2.24) is 24.0 Å². The Morgan fingerprint density at radius 1 is 1.15 bits per heavy atom. The second-order valence-electron chi connectivity index (χ2n) is 6.76. The van der Waals surface area contributed by atoms with Crippen LogP contribution in [0, 0.1) is 11.8 Å². The molecule has 3 heterocycles. The molecule has 15 heteroatoms. The fraction of sp³-hybridized carbons (Fsp3) is 0.500. The zero-order valence-corrected chi connectivity index (χ0v) is 17.6. The van der Waals surface area contributed by atoms with Gasteiger partial charge in [-0.05, 0) is 6.92 Å². The van der Waals surface area contributed by atoms with Crippen molar-refractivity contribution in [1.29, 1.82) is 0 Å². The summed E-state index contributed by atoms with van der Waals surface area (Å²) in [6, 6.07) is 0. The first-order valence-corrected chi connectivity index (χ1v) is 9.47. The van der Waals surface area contributed by atoms with Crippen LogP contribution in [0.25, 0.3) is 11.2 Å². The summed E-state index contributed by atoms with van der Waals surface area (Å²) in [7, 11) is 1.48. The zero-order valence-electron chi connectivity index (χ0n) is 17.6. The fourth-order valence-electron chi connectivity index (χ4n) is 3.05. The molecule has 0 spiro atoms. The van der Waals surface area contributed by atoms with Crippen molar-refractivity contribution in [3.8, 4) is 11.8 Å². The second kappa shape index (κ2) is 10.2. The van der Waals surface area contributed by atoms with E-state index in [1.54, 1.807) is 11.5 Å². The highest BCUT2D eigenvalue weighted by Crippen LogP contribution is 2.20.